The molecule has 4 saturated heterocycles. The van der Waals surface area contributed by atoms with Crippen LogP contribution in [0.15, 0.2) is 0 Å². The first-order valence-corrected chi connectivity index (χ1v) is 7.28. The zero-order chi connectivity index (χ0) is 13.3. The van der Waals surface area contributed by atoms with Crippen molar-refractivity contribution in [2.45, 2.75) is 63.6 Å². The summed E-state index contributed by atoms with van der Waals surface area (Å²) in [5.74, 6) is 0.0861. The Morgan fingerprint density at radius 2 is 2.05 bits per heavy atom. The van der Waals surface area contributed by atoms with Crippen molar-refractivity contribution >= 4 is 5.97 Å². The Morgan fingerprint density at radius 3 is 2.89 bits per heavy atom. The lowest BCUT2D eigenvalue weighted by Gasteiger charge is -2.56. The fourth-order valence-electron chi connectivity index (χ4n) is 4.45. The monoisotopic (exact) mass is 268 g/mol. The van der Waals surface area contributed by atoms with Gasteiger partial charge < -0.3 is 9.47 Å². The van der Waals surface area contributed by atoms with Crippen molar-refractivity contribution in [3.63, 3.8) is 0 Å². The van der Waals surface area contributed by atoms with Crippen LogP contribution in [0.5, 0.6) is 0 Å². The molecule has 0 aromatic rings. The van der Waals surface area contributed by atoms with Crippen molar-refractivity contribution in [3.8, 4) is 0 Å². The zero-order valence-corrected chi connectivity index (χ0v) is 11.4. The van der Waals surface area contributed by atoms with Gasteiger partial charge in [0.05, 0.1) is 6.42 Å². The van der Waals surface area contributed by atoms with E-state index in [9.17, 15) is 4.79 Å². The average Bonchev–Trinajstić information content (AvgIpc) is 2.58. The van der Waals surface area contributed by atoms with Gasteiger partial charge >= 0.3 is 5.97 Å². The predicted molar refractivity (Wildman–Crippen MR) is 63.5 cm³/mol. The van der Waals surface area contributed by atoms with Gasteiger partial charge in [0.2, 0.25) is 12.1 Å². The van der Waals surface area contributed by atoms with E-state index in [1.165, 1.54) is 0 Å². The van der Waals surface area contributed by atoms with Gasteiger partial charge in [-0.3, -0.25) is 4.79 Å². The standard InChI is InChI=1S/C14H20O5/c1-8-3-4-9-7-11(15)16-12-14(9)10(8)5-6-13(2,17-12)18-19-14/h8-10,12H,3-7H2,1-2H3/t8-,9+,10?,12?,13-,14+/m1/s1. The summed E-state index contributed by atoms with van der Waals surface area (Å²) >= 11 is 0. The molecular weight excluding hydrogens is 248 g/mol. The molecule has 5 nitrogen and oxygen atoms in total. The highest BCUT2D eigenvalue weighted by Crippen LogP contribution is 2.58. The smallest absolute Gasteiger partial charge is 0.308 e. The maximum Gasteiger partial charge on any atom is 0.308 e. The lowest BCUT2D eigenvalue weighted by molar-refractivity contribution is -0.557. The van der Waals surface area contributed by atoms with E-state index in [-0.39, 0.29) is 11.9 Å². The largest absolute Gasteiger partial charge is 0.432 e. The second kappa shape index (κ2) is 3.71. The molecule has 6 atom stereocenters. The molecule has 5 heteroatoms. The van der Waals surface area contributed by atoms with Crippen LogP contribution < -0.4 is 0 Å². The first kappa shape index (κ1) is 12.1. The highest BCUT2D eigenvalue weighted by molar-refractivity contribution is 5.71. The minimum Gasteiger partial charge on any atom is -0.432 e. The number of esters is 1. The Balaban J connectivity index is 1.82. The van der Waals surface area contributed by atoms with Crippen LogP contribution in [0.1, 0.15) is 46.0 Å². The SMILES string of the molecule is C[C@@H]1CC[C@H]2CC(=O)OC3O[C@@]4(C)CCC1[C@]32OO4. The minimum atomic E-state index is -0.783. The molecule has 19 heavy (non-hydrogen) atoms. The Labute approximate surface area is 112 Å². The third kappa shape index (κ3) is 1.49. The van der Waals surface area contributed by atoms with E-state index >= 15 is 0 Å². The highest BCUT2D eigenvalue weighted by atomic mass is 17.3. The van der Waals surface area contributed by atoms with Gasteiger partial charge in [-0.05, 0) is 32.1 Å². The van der Waals surface area contributed by atoms with Gasteiger partial charge in [0.1, 0.15) is 0 Å². The van der Waals surface area contributed by atoms with E-state index in [1.807, 2.05) is 6.92 Å². The maximum absolute atomic E-state index is 11.8. The molecule has 106 valence electrons. The van der Waals surface area contributed by atoms with Crippen LogP contribution >= 0.6 is 0 Å². The number of carbonyl (C=O) groups excluding carboxylic acids is 1. The van der Waals surface area contributed by atoms with E-state index in [0.717, 1.165) is 25.7 Å². The Morgan fingerprint density at radius 1 is 1.21 bits per heavy atom. The van der Waals surface area contributed by atoms with Crippen molar-refractivity contribution in [2.75, 3.05) is 0 Å². The molecule has 0 amide bonds. The number of hydrogen-bond donors (Lipinski definition) is 0. The zero-order valence-electron chi connectivity index (χ0n) is 11.4. The normalized spacial score (nSPS) is 56.2. The van der Waals surface area contributed by atoms with Crippen molar-refractivity contribution < 1.29 is 24.0 Å². The molecule has 5 fully saturated rings. The van der Waals surface area contributed by atoms with Crippen LogP contribution in [0, 0.1) is 17.8 Å². The maximum atomic E-state index is 11.8. The molecule has 5 aliphatic rings. The van der Waals surface area contributed by atoms with Gasteiger partial charge in [-0.25, -0.2) is 9.78 Å². The first-order chi connectivity index (χ1) is 9.03. The van der Waals surface area contributed by atoms with Crippen molar-refractivity contribution in [2.24, 2.45) is 17.8 Å². The Hall–Kier alpha value is -0.650. The second-order valence-corrected chi connectivity index (χ2v) is 6.69. The van der Waals surface area contributed by atoms with Gasteiger partial charge in [0.15, 0.2) is 5.60 Å². The molecular formula is C14H20O5. The summed E-state index contributed by atoms with van der Waals surface area (Å²) < 4.78 is 11.4. The van der Waals surface area contributed by atoms with E-state index < -0.39 is 17.7 Å². The molecule has 1 aliphatic carbocycles. The summed E-state index contributed by atoms with van der Waals surface area (Å²) in [5, 5.41) is 0. The Kier molecular flexibility index (Phi) is 2.37. The van der Waals surface area contributed by atoms with Gasteiger partial charge in [0, 0.05) is 18.3 Å². The number of hydrogen-bond acceptors (Lipinski definition) is 5. The molecule has 2 unspecified atom stereocenters. The number of fused-ring (bicyclic) bond motifs is 2. The molecule has 0 radical (unpaired) electrons. The molecule has 5 rings (SSSR count). The average molecular weight is 268 g/mol. The van der Waals surface area contributed by atoms with E-state index in [0.29, 0.717) is 18.3 Å². The molecule has 0 aromatic carbocycles. The van der Waals surface area contributed by atoms with Gasteiger partial charge in [-0.15, -0.1) is 0 Å². The number of carbonyl (C=O) groups is 1. The molecule has 0 N–H and O–H groups in total. The molecule has 1 spiro atoms. The minimum absolute atomic E-state index is 0.155. The van der Waals surface area contributed by atoms with Crippen LogP contribution in [0.2, 0.25) is 0 Å². The summed E-state index contributed by atoms with van der Waals surface area (Å²) in [5.41, 5.74) is -0.582. The molecule has 2 bridgehead atoms. The Bertz CT molecular complexity index is 420. The van der Waals surface area contributed by atoms with Crippen LogP contribution in [0.3, 0.4) is 0 Å². The topological polar surface area (TPSA) is 54.0 Å². The predicted octanol–water partition coefficient (Wildman–Crippen LogP) is 2.15. The van der Waals surface area contributed by atoms with Gasteiger partial charge in [0.25, 0.3) is 0 Å². The number of rotatable bonds is 0. The molecule has 0 aromatic heterocycles. The number of ether oxygens (including phenoxy) is 2. The summed E-state index contributed by atoms with van der Waals surface area (Å²) in [7, 11) is 0. The van der Waals surface area contributed by atoms with Crippen LogP contribution in [0.4, 0.5) is 0 Å². The van der Waals surface area contributed by atoms with Gasteiger partial charge in [-0.1, -0.05) is 6.92 Å². The molecule has 4 heterocycles. The van der Waals surface area contributed by atoms with Crippen molar-refractivity contribution in [3.05, 3.63) is 0 Å². The van der Waals surface area contributed by atoms with E-state index in [1.54, 1.807) is 0 Å². The van der Waals surface area contributed by atoms with Gasteiger partial charge in [-0.2, -0.15) is 0 Å². The quantitative estimate of drug-likeness (QED) is 0.497. The van der Waals surface area contributed by atoms with Crippen LogP contribution in [0.25, 0.3) is 0 Å². The lowest BCUT2D eigenvalue weighted by atomic mass is 9.60. The fraction of sp³-hybridized carbons (Fsp3) is 0.929. The summed E-state index contributed by atoms with van der Waals surface area (Å²) in [6.07, 6.45) is 3.72. The summed E-state index contributed by atoms with van der Waals surface area (Å²) in [6, 6.07) is 0. The first-order valence-electron chi connectivity index (χ1n) is 7.28. The van der Waals surface area contributed by atoms with Crippen LogP contribution in [-0.4, -0.2) is 23.6 Å². The van der Waals surface area contributed by atoms with Crippen molar-refractivity contribution in [1.82, 2.24) is 0 Å². The molecule has 1 saturated carbocycles. The van der Waals surface area contributed by atoms with E-state index in [4.69, 9.17) is 19.2 Å². The second-order valence-electron chi connectivity index (χ2n) is 6.69. The highest BCUT2D eigenvalue weighted by Gasteiger charge is 2.68. The lowest BCUT2D eigenvalue weighted by Crippen LogP contribution is -2.67. The third-order valence-electron chi connectivity index (χ3n) is 5.52. The summed E-state index contributed by atoms with van der Waals surface area (Å²) in [6.45, 7) is 4.12. The third-order valence-corrected chi connectivity index (χ3v) is 5.52. The summed E-state index contributed by atoms with van der Waals surface area (Å²) in [4.78, 5) is 23.2. The van der Waals surface area contributed by atoms with Crippen LogP contribution in [-0.2, 0) is 24.0 Å². The molecule has 4 aliphatic heterocycles. The van der Waals surface area contributed by atoms with Crippen molar-refractivity contribution in [1.29, 1.82) is 0 Å². The van der Waals surface area contributed by atoms with E-state index in [2.05, 4.69) is 6.92 Å². The fourth-order valence-corrected chi connectivity index (χ4v) is 4.45.